The van der Waals surface area contributed by atoms with Crippen LogP contribution in [0.3, 0.4) is 0 Å². The van der Waals surface area contributed by atoms with Gasteiger partial charge in [-0.1, -0.05) is 0 Å². The van der Waals surface area contributed by atoms with Gasteiger partial charge < -0.3 is 4.57 Å². The molecule has 3 rings (SSSR count). The van der Waals surface area contributed by atoms with E-state index >= 15 is 0 Å². The zero-order valence-electron chi connectivity index (χ0n) is 8.56. The van der Waals surface area contributed by atoms with E-state index in [1.165, 1.54) is 0 Å². The smallest absolute Gasteiger partial charge is 0.162 e. The van der Waals surface area contributed by atoms with Crippen molar-refractivity contribution in [3.63, 3.8) is 0 Å². The fourth-order valence-electron chi connectivity index (χ4n) is 1.67. The summed E-state index contributed by atoms with van der Waals surface area (Å²) in [7, 11) is 0. The predicted molar refractivity (Wildman–Crippen MR) is 60.7 cm³/mol. The SMILES string of the molecule is c1cnc(-n2ccnc2)c(-n2cccc2)c1. The van der Waals surface area contributed by atoms with Crippen LogP contribution in [0, 0.1) is 0 Å². The molecule has 3 aromatic rings. The second-order valence-corrected chi connectivity index (χ2v) is 3.41. The van der Waals surface area contributed by atoms with E-state index in [1.54, 1.807) is 18.7 Å². The number of hydrogen-bond donors (Lipinski definition) is 0. The minimum atomic E-state index is 0.871. The Morgan fingerprint density at radius 3 is 2.50 bits per heavy atom. The van der Waals surface area contributed by atoms with Gasteiger partial charge in [-0.3, -0.25) is 4.57 Å². The number of nitrogens with zero attached hydrogens (tertiary/aromatic N) is 4. The summed E-state index contributed by atoms with van der Waals surface area (Å²) < 4.78 is 3.93. The highest BCUT2D eigenvalue weighted by molar-refractivity contribution is 5.47. The van der Waals surface area contributed by atoms with Crippen LogP contribution >= 0.6 is 0 Å². The number of pyridine rings is 1. The molecule has 78 valence electrons. The Labute approximate surface area is 92.8 Å². The number of imidazole rings is 1. The van der Waals surface area contributed by atoms with E-state index in [1.807, 2.05) is 52.0 Å². The maximum atomic E-state index is 4.38. The van der Waals surface area contributed by atoms with Crippen molar-refractivity contribution in [1.82, 2.24) is 19.1 Å². The van der Waals surface area contributed by atoms with Gasteiger partial charge in [0.25, 0.3) is 0 Å². The molecular formula is C12H10N4. The molecule has 0 bridgehead atoms. The average Bonchev–Trinajstić information content (AvgIpc) is 3.03. The number of hydrogen-bond acceptors (Lipinski definition) is 2. The molecule has 16 heavy (non-hydrogen) atoms. The summed E-state index contributed by atoms with van der Waals surface area (Å²) in [4.78, 5) is 8.41. The van der Waals surface area contributed by atoms with Crippen molar-refractivity contribution in [3.05, 3.63) is 61.6 Å². The van der Waals surface area contributed by atoms with Crippen LogP contribution in [0.1, 0.15) is 0 Å². The standard InChI is InChI=1S/C12H10N4/c1-2-8-15(7-1)11-4-3-5-14-12(11)16-9-6-13-10-16/h1-10H. The Morgan fingerprint density at radius 2 is 1.75 bits per heavy atom. The Hall–Kier alpha value is -2.36. The van der Waals surface area contributed by atoms with E-state index in [9.17, 15) is 0 Å². The van der Waals surface area contributed by atoms with Gasteiger partial charge in [0.15, 0.2) is 5.82 Å². The molecule has 3 heterocycles. The highest BCUT2D eigenvalue weighted by Gasteiger charge is 2.05. The predicted octanol–water partition coefficient (Wildman–Crippen LogP) is 2.06. The van der Waals surface area contributed by atoms with Gasteiger partial charge in [0.05, 0.1) is 5.69 Å². The summed E-state index contributed by atoms with van der Waals surface area (Å²) in [5.74, 6) is 0.871. The van der Waals surface area contributed by atoms with Gasteiger partial charge >= 0.3 is 0 Å². The topological polar surface area (TPSA) is 35.6 Å². The molecule has 0 N–H and O–H groups in total. The second-order valence-electron chi connectivity index (χ2n) is 3.41. The quantitative estimate of drug-likeness (QED) is 0.649. The second kappa shape index (κ2) is 3.66. The van der Waals surface area contributed by atoms with Crippen molar-refractivity contribution in [2.24, 2.45) is 0 Å². The first-order chi connectivity index (χ1) is 7.95. The van der Waals surface area contributed by atoms with Crippen molar-refractivity contribution in [2.75, 3.05) is 0 Å². The Morgan fingerprint density at radius 1 is 0.875 bits per heavy atom. The highest BCUT2D eigenvalue weighted by atomic mass is 15.1. The van der Waals surface area contributed by atoms with Gasteiger partial charge in [0.2, 0.25) is 0 Å². The summed E-state index contributed by atoms with van der Waals surface area (Å²) in [5.41, 5.74) is 1.03. The van der Waals surface area contributed by atoms with Crippen LogP contribution in [0.2, 0.25) is 0 Å². The Kier molecular flexibility index (Phi) is 2.04. The maximum Gasteiger partial charge on any atom is 0.162 e. The van der Waals surface area contributed by atoms with Crippen molar-refractivity contribution < 1.29 is 0 Å². The van der Waals surface area contributed by atoms with Gasteiger partial charge in [0.1, 0.15) is 6.33 Å². The van der Waals surface area contributed by atoms with E-state index in [2.05, 4.69) is 9.97 Å². The lowest BCUT2D eigenvalue weighted by atomic mass is 10.3. The van der Waals surface area contributed by atoms with E-state index in [4.69, 9.17) is 0 Å². The molecule has 0 aliphatic heterocycles. The van der Waals surface area contributed by atoms with Gasteiger partial charge in [-0.05, 0) is 24.3 Å². The molecule has 0 spiro atoms. The molecule has 0 atom stereocenters. The molecule has 0 aromatic carbocycles. The molecule has 0 amide bonds. The third-order valence-corrected chi connectivity index (χ3v) is 2.40. The molecule has 0 aliphatic rings. The normalized spacial score (nSPS) is 10.5. The molecule has 4 heteroatoms. The van der Waals surface area contributed by atoms with Crippen molar-refractivity contribution >= 4 is 0 Å². The van der Waals surface area contributed by atoms with Crippen LogP contribution < -0.4 is 0 Å². The zero-order valence-corrected chi connectivity index (χ0v) is 8.56. The van der Waals surface area contributed by atoms with Crippen molar-refractivity contribution in [3.8, 4) is 11.5 Å². The summed E-state index contributed by atoms with van der Waals surface area (Å²) in [6.45, 7) is 0. The van der Waals surface area contributed by atoms with Crippen LogP contribution in [0.25, 0.3) is 11.5 Å². The fraction of sp³-hybridized carbons (Fsp3) is 0. The van der Waals surface area contributed by atoms with E-state index < -0.39 is 0 Å². The Balaban J connectivity index is 2.19. The third kappa shape index (κ3) is 1.40. The monoisotopic (exact) mass is 210 g/mol. The summed E-state index contributed by atoms with van der Waals surface area (Å²) in [6.07, 6.45) is 11.1. The fourth-order valence-corrected chi connectivity index (χ4v) is 1.67. The van der Waals surface area contributed by atoms with Crippen molar-refractivity contribution in [1.29, 1.82) is 0 Å². The van der Waals surface area contributed by atoms with Gasteiger partial charge in [-0.2, -0.15) is 0 Å². The van der Waals surface area contributed by atoms with Gasteiger partial charge in [-0.25, -0.2) is 9.97 Å². The average molecular weight is 210 g/mol. The molecule has 0 saturated heterocycles. The molecule has 0 saturated carbocycles. The first-order valence-electron chi connectivity index (χ1n) is 5.02. The van der Waals surface area contributed by atoms with Crippen molar-refractivity contribution in [2.45, 2.75) is 0 Å². The minimum Gasteiger partial charge on any atom is -0.321 e. The summed E-state index contributed by atoms with van der Waals surface area (Å²) in [5, 5.41) is 0. The van der Waals surface area contributed by atoms with E-state index in [0.29, 0.717) is 0 Å². The van der Waals surface area contributed by atoms with Crippen LogP contribution in [-0.2, 0) is 0 Å². The molecule has 4 nitrogen and oxygen atoms in total. The minimum absolute atomic E-state index is 0.871. The number of rotatable bonds is 2. The van der Waals surface area contributed by atoms with Gasteiger partial charge in [-0.15, -0.1) is 0 Å². The molecule has 0 aliphatic carbocycles. The first kappa shape index (κ1) is 8.91. The molecular weight excluding hydrogens is 200 g/mol. The lowest BCUT2D eigenvalue weighted by Crippen LogP contribution is -2.02. The van der Waals surface area contributed by atoms with Crippen LogP contribution in [0.5, 0.6) is 0 Å². The summed E-state index contributed by atoms with van der Waals surface area (Å²) in [6, 6.07) is 7.94. The lowest BCUT2D eigenvalue weighted by molar-refractivity contribution is 0.944. The maximum absolute atomic E-state index is 4.38. The summed E-state index contributed by atoms with van der Waals surface area (Å²) >= 11 is 0. The van der Waals surface area contributed by atoms with Crippen LogP contribution in [0.15, 0.2) is 61.6 Å². The third-order valence-electron chi connectivity index (χ3n) is 2.40. The number of aromatic nitrogens is 4. The van der Waals surface area contributed by atoms with Gasteiger partial charge in [0, 0.05) is 31.0 Å². The lowest BCUT2D eigenvalue weighted by Gasteiger charge is -2.09. The van der Waals surface area contributed by atoms with Crippen LogP contribution in [-0.4, -0.2) is 19.1 Å². The first-order valence-corrected chi connectivity index (χ1v) is 5.02. The largest absolute Gasteiger partial charge is 0.321 e. The van der Waals surface area contributed by atoms with E-state index in [0.717, 1.165) is 11.5 Å². The van der Waals surface area contributed by atoms with Crippen LogP contribution in [0.4, 0.5) is 0 Å². The molecule has 0 unspecified atom stereocenters. The Bertz CT molecular complexity index is 514. The molecule has 0 radical (unpaired) electrons. The highest BCUT2D eigenvalue weighted by Crippen LogP contribution is 2.15. The molecule has 3 aromatic heterocycles. The van der Waals surface area contributed by atoms with E-state index in [-0.39, 0.29) is 0 Å². The molecule has 0 fully saturated rings. The zero-order chi connectivity index (χ0) is 10.8.